The molecule has 0 unspecified atom stereocenters. The van der Waals surface area contributed by atoms with E-state index in [9.17, 15) is 4.79 Å². The molecule has 0 aliphatic rings. The van der Waals surface area contributed by atoms with Crippen LogP contribution in [-0.2, 0) is 0 Å². The van der Waals surface area contributed by atoms with Gasteiger partial charge < -0.3 is 4.74 Å². The molecule has 12 heavy (non-hydrogen) atoms. The minimum Gasteiger partial charge on any atom is -0.477 e. The molecule has 60 valence electrons. The quantitative estimate of drug-likeness (QED) is 0.616. The molecule has 0 aromatic carbocycles. The van der Waals surface area contributed by atoms with Gasteiger partial charge in [-0.2, -0.15) is 5.26 Å². The third-order valence-electron chi connectivity index (χ3n) is 1.18. The van der Waals surface area contributed by atoms with Crippen LogP contribution in [-0.4, -0.2) is 17.9 Å². The summed E-state index contributed by atoms with van der Waals surface area (Å²) < 4.78 is 4.92. The topological polar surface area (TPSA) is 63.0 Å². The van der Waals surface area contributed by atoms with E-state index in [2.05, 4.69) is 4.98 Å². The van der Waals surface area contributed by atoms with E-state index in [1.807, 2.05) is 6.07 Å². The lowest BCUT2D eigenvalue weighted by Crippen LogP contribution is -1.94. The van der Waals surface area contributed by atoms with Crippen molar-refractivity contribution < 1.29 is 9.53 Å². The van der Waals surface area contributed by atoms with Gasteiger partial charge in [0.15, 0.2) is 12.9 Å². The first-order chi connectivity index (χ1) is 5.86. The van der Waals surface area contributed by atoms with Gasteiger partial charge in [0.25, 0.3) is 0 Å². The van der Waals surface area contributed by atoms with Gasteiger partial charge in [-0.05, 0) is 12.1 Å². The van der Waals surface area contributed by atoms with Crippen molar-refractivity contribution in [1.82, 2.24) is 4.98 Å². The van der Waals surface area contributed by atoms with Crippen molar-refractivity contribution in [2.45, 2.75) is 0 Å². The lowest BCUT2D eigenvalue weighted by atomic mass is 10.4. The Morgan fingerprint density at radius 3 is 3.00 bits per heavy atom. The Bertz CT molecular complexity index is 300. The Labute approximate surface area is 69.4 Å². The van der Waals surface area contributed by atoms with E-state index in [-0.39, 0.29) is 6.61 Å². The number of hydrogen-bond acceptors (Lipinski definition) is 4. The van der Waals surface area contributed by atoms with E-state index in [0.717, 1.165) is 0 Å². The molecular weight excluding hydrogens is 156 g/mol. The summed E-state index contributed by atoms with van der Waals surface area (Å²) in [7, 11) is 0. The van der Waals surface area contributed by atoms with Crippen LogP contribution in [0.4, 0.5) is 0 Å². The lowest BCUT2D eigenvalue weighted by Gasteiger charge is -1.98. The minimum absolute atomic E-state index is 0.0118. The van der Waals surface area contributed by atoms with Crippen LogP contribution in [0.25, 0.3) is 0 Å². The van der Waals surface area contributed by atoms with E-state index >= 15 is 0 Å². The standard InChI is InChI=1S/C8H6N2O2/c9-3-4-12-8-2-1-7(6-11)10-5-8/h1-2,5-6H,4H2. The number of nitrogens with zero attached hydrogens (tertiary/aromatic N) is 2. The Morgan fingerprint density at radius 1 is 1.67 bits per heavy atom. The van der Waals surface area contributed by atoms with Crippen LogP contribution in [0.15, 0.2) is 18.3 Å². The van der Waals surface area contributed by atoms with E-state index in [1.165, 1.54) is 12.3 Å². The highest BCUT2D eigenvalue weighted by molar-refractivity contribution is 5.71. The average Bonchev–Trinajstić information content (AvgIpc) is 2.15. The smallest absolute Gasteiger partial charge is 0.174 e. The molecule has 1 aromatic rings. The number of aromatic nitrogens is 1. The number of aldehydes is 1. The molecule has 0 aliphatic carbocycles. The first-order valence-corrected chi connectivity index (χ1v) is 3.28. The van der Waals surface area contributed by atoms with Gasteiger partial charge in [0.2, 0.25) is 0 Å². The average molecular weight is 162 g/mol. The second-order valence-electron chi connectivity index (χ2n) is 1.98. The van der Waals surface area contributed by atoms with E-state index < -0.39 is 0 Å². The van der Waals surface area contributed by atoms with Crippen molar-refractivity contribution >= 4 is 6.29 Å². The SMILES string of the molecule is N#CCOc1ccc(C=O)nc1. The summed E-state index contributed by atoms with van der Waals surface area (Å²) in [6.07, 6.45) is 2.05. The summed E-state index contributed by atoms with van der Waals surface area (Å²) in [6, 6.07) is 4.94. The van der Waals surface area contributed by atoms with E-state index in [0.29, 0.717) is 17.7 Å². The highest BCUT2D eigenvalue weighted by Gasteiger charge is 1.93. The molecule has 0 saturated heterocycles. The van der Waals surface area contributed by atoms with Gasteiger partial charge in [0, 0.05) is 0 Å². The molecule has 0 saturated carbocycles. The largest absolute Gasteiger partial charge is 0.477 e. The highest BCUT2D eigenvalue weighted by Crippen LogP contribution is 2.07. The number of carbonyl (C=O) groups excluding carboxylic acids is 1. The Balaban J connectivity index is 2.66. The van der Waals surface area contributed by atoms with Crippen molar-refractivity contribution in [2.24, 2.45) is 0 Å². The summed E-state index contributed by atoms with van der Waals surface area (Å²) in [6.45, 7) is -0.0118. The molecule has 0 bridgehead atoms. The number of nitriles is 1. The number of rotatable bonds is 3. The van der Waals surface area contributed by atoms with Crippen LogP contribution in [0.1, 0.15) is 10.5 Å². The van der Waals surface area contributed by atoms with Crippen LogP contribution in [0.2, 0.25) is 0 Å². The number of carbonyl (C=O) groups is 1. The summed E-state index contributed by atoms with van der Waals surface area (Å²) in [4.78, 5) is 13.9. The fourth-order valence-electron chi connectivity index (χ4n) is 0.662. The summed E-state index contributed by atoms with van der Waals surface area (Å²) in [5.74, 6) is 0.488. The van der Waals surface area contributed by atoms with Crippen molar-refractivity contribution in [3.63, 3.8) is 0 Å². The van der Waals surface area contributed by atoms with Crippen LogP contribution in [0.3, 0.4) is 0 Å². The maximum Gasteiger partial charge on any atom is 0.174 e. The van der Waals surface area contributed by atoms with Gasteiger partial charge >= 0.3 is 0 Å². The van der Waals surface area contributed by atoms with Crippen molar-refractivity contribution in [1.29, 1.82) is 5.26 Å². The van der Waals surface area contributed by atoms with Crippen LogP contribution >= 0.6 is 0 Å². The lowest BCUT2D eigenvalue weighted by molar-refractivity contribution is 0.111. The Morgan fingerprint density at radius 2 is 2.50 bits per heavy atom. The maximum atomic E-state index is 10.2. The molecule has 4 nitrogen and oxygen atoms in total. The van der Waals surface area contributed by atoms with E-state index in [4.69, 9.17) is 10.00 Å². The molecule has 0 spiro atoms. The fraction of sp³-hybridized carbons (Fsp3) is 0.125. The zero-order chi connectivity index (χ0) is 8.81. The summed E-state index contributed by atoms with van der Waals surface area (Å²) in [5, 5.41) is 8.18. The van der Waals surface area contributed by atoms with Crippen molar-refractivity contribution in [3.05, 3.63) is 24.0 Å². The summed E-state index contributed by atoms with van der Waals surface area (Å²) in [5.41, 5.74) is 0.347. The normalized spacial score (nSPS) is 8.58. The third kappa shape index (κ3) is 2.06. The van der Waals surface area contributed by atoms with Gasteiger partial charge in [-0.3, -0.25) is 4.79 Å². The molecule has 1 aromatic heterocycles. The molecule has 1 rings (SSSR count). The molecule has 0 N–H and O–H groups in total. The predicted molar refractivity (Wildman–Crippen MR) is 40.7 cm³/mol. The van der Waals surface area contributed by atoms with Gasteiger partial charge in [-0.1, -0.05) is 0 Å². The minimum atomic E-state index is -0.0118. The monoisotopic (exact) mass is 162 g/mol. The summed E-state index contributed by atoms with van der Waals surface area (Å²) >= 11 is 0. The number of hydrogen-bond donors (Lipinski definition) is 0. The first-order valence-electron chi connectivity index (χ1n) is 3.28. The molecular formula is C8H6N2O2. The second kappa shape index (κ2) is 4.09. The molecule has 0 atom stereocenters. The first kappa shape index (κ1) is 8.21. The zero-order valence-electron chi connectivity index (χ0n) is 6.23. The van der Waals surface area contributed by atoms with Crippen molar-refractivity contribution in [2.75, 3.05) is 6.61 Å². The second-order valence-corrected chi connectivity index (χ2v) is 1.98. The van der Waals surface area contributed by atoms with Crippen LogP contribution in [0, 0.1) is 11.3 Å². The van der Waals surface area contributed by atoms with Crippen LogP contribution in [0.5, 0.6) is 5.75 Å². The van der Waals surface area contributed by atoms with Crippen molar-refractivity contribution in [3.8, 4) is 11.8 Å². The van der Waals surface area contributed by atoms with Gasteiger partial charge in [0.05, 0.1) is 6.20 Å². The van der Waals surface area contributed by atoms with Gasteiger partial charge in [0.1, 0.15) is 17.5 Å². The molecule has 1 heterocycles. The molecule has 0 aliphatic heterocycles. The highest BCUT2D eigenvalue weighted by atomic mass is 16.5. The zero-order valence-corrected chi connectivity index (χ0v) is 6.23. The fourth-order valence-corrected chi connectivity index (χ4v) is 0.662. The van der Waals surface area contributed by atoms with E-state index in [1.54, 1.807) is 6.07 Å². The third-order valence-corrected chi connectivity index (χ3v) is 1.18. The van der Waals surface area contributed by atoms with Gasteiger partial charge in [-0.25, -0.2) is 4.98 Å². The molecule has 4 heteroatoms. The maximum absolute atomic E-state index is 10.2. The predicted octanol–water partition coefficient (Wildman–Crippen LogP) is 0.796. The molecule has 0 amide bonds. The number of ether oxygens (including phenoxy) is 1. The van der Waals surface area contributed by atoms with Crippen LogP contribution < -0.4 is 4.74 Å². The number of pyridine rings is 1. The van der Waals surface area contributed by atoms with Gasteiger partial charge in [-0.15, -0.1) is 0 Å². The Kier molecular flexibility index (Phi) is 2.79. The molecule has 0 radical (unpaired) electrons. The molecule has 0 fully saturated rings. The Hall–Kier alpha value is -1.89.